The summed E-state index contributed by atoms with van der Waals surface area (Å²) in [6, 6.07) is 45.8. The molecule has 1 heterocycles. The molecule has 1 aromatic heterocycles. The lowest BCUT2D eigenvalue weighted by molar-refractivity contribution is 0.660. The third kappa shape index (κ3) is 3.21. The second-order valence-electron chi connectivity index (χ2n) is 11.0. The Labute approximate surface area is 227 Å². The quantitative estimate of drug-likeness (QED) is 0.239. The van der Waals surface area contributed by atoms with E-state index in [1.807, 2.05) is 12.1 Å². The third-order valence-corrected chi connectivity index (χ3v) is 8.44. The average molecular weight is 502 g/mol. The van der Waals surface area contributed by atoms with Gasteiger partial charge in [0.1, 0.15) is 11.2 Å². The minimum Gasteiger partial charge on any atom is -0.455 e. The van der Waals surface area contributed by atoms with Crippen LogP contribution in [0.4, 0.5) is 17.1 Å². The van der Waals surface area contributed by atoms with Crippen molar-refractivity contribution in [3.63, 3.8) is 0 Å². The minimum absolute atomic E-state index is 0.0614. The molecule has 1 aliphatic carbocycles. The number of furan rings is 1. The summed E-state index contributed by atoms with van der Waals surface area (Å²) in [6.07, 6.45) is 0. The molecule has 0 amide bonds. The Bertz CT molecular complexity index is 2050. The van der Waals surface area contributed by atoms with Crippen LogP contribution in [0.5, 0.6) is 0 Å². The van der Waals surface area contributed by atoms with Crippen molar-refractivity contribution in [3.05, 3.63) is 139 Å². The molecule has 6 aromatic carbocycles. The van der Waals surface area contributed by atoms with E-state index in [-0.39, 0.29) is 5.41 Å². The molecule has 0 bridgehead atoms. The first-order valence-corrected chi connectivity index (χ1v) is 13.5. The van der Waals surface area contributed by atoms with E-state index in [4.69, 9.17) is 4.42 Å². The number of fused-ring (bicyclic) bond motifs is 8. The van der Waals surface area contributed by atoms with Crippen LogP contribution >= 0.6 is 0 Å². The monoisotopic (exact) mass is 501 g/mol. The second-order valence-corrected chi connectivity index (χ2v) is 11.0. The first kappa shape index (κ1) is 22.2. The Hall–Kier alpha value is -4.82. The lowest BCUT2D eigenvalue weighted by Crippen LogP contribution is -2.16. The van der Waals surface area contributed by atoms with Gasteiger partial charge in [0, 0.05) is 38.6 Å². The molecule has 0 N–H and O–H groups in total. The highest BCUT2D eigenvalue weighted by Crippen LogP contribution is 2.50. The Morgan fingerprint density at radius 1 is 0.513 bits per heavy atom. The van der Waals surface area contributed by atoms with Crippen molar-refractivity contribution in [2.75, 3.05) is 4.90 Å². The lowest BCUT2D eigenvalue weighted by atomic mass is 9.82. The maximum absolute atomic E-state index is 6.42. The third-order valence-electron chi connectivity index (χ3n) is 8.44. The van der Waals surface area contributed by atoms with Crippen LogP contribution in [-0.2, 0) is 5.41 Å². The van der Waals surface area contributed by atoms with Crippen molar-refractivity contribution in [1.29, 1.82) is 0 Å². The van der Waals surface area contributed by atoms with E-state index >= 15 is 0 Å². The van der Waals surface area contributed by atoms with Gasteiger partial charge in [-0.25, -0.2) is 0 Å². The molecule has 0 aliphatic heterocycles. The van der Waals surface area contributed by atoms with Crippen molar-refractivity contribution in [2.24, 2.45) is 0 Å². The normalized spacial score (nSPS) is 13.6. The molecule has 0 unspecified atom stereocenters. The van der Waals surface area contributed by atoms with Crippen molar-refractivity contribution in [2.45, 2.75) is 19.3 Å². The van der Waals surface area contributed by atoms with Gasteiger partial charge in [0.25, 0.3) is 0 Å². The zero-order valence-electron chi connectivity index (χ0n) is 22.0. The molecule has 0 radical (unpaired) electrons. The number of anilines is 3. The predicted octanol–water partition coefficient (Wildman–Crippen LogP) is 10.5. The van der Waals surface area contributed by atoms with Gasteiger partial charge in [-0.2, -0.15) is 0 Å². The predicted molar refractivity (Wildman–Crippen MR) is 163 cm³/mol. The van der Waals surface area contributed by atoms with Gasteiger partial charge in [-0.05, 0) is 76.2 Å². The fourth-order valence-corrected chi connectivity index (χ4v) is 6.49. The molecule has 0 saturated carbocycles. The molecule has 0 saturated heterocycles. The zero-order valence-corrected chi connectivity index (χ0v) is 22.0. The van der Waals surface area contributed by atoms with Gasteiger partial charge < -0.3 is 9.32 Å². The Morgan fingerprint density at radius 3 is 2.10 bits per heavy atom. The van der Waals surface area contributed by atoms with E-state index in [0.29, 0.717) is 0 Å². The van der Waals surface area contributed by atoms with Crippen LogP contribution in [0.25, 0.3) is 43.8 Å². The number of para-hydroxylation sites is 2. The number of rotatable bonds is 3. The molecule has 186 valence electrons. The van der Waals surface area contributed by atoms with Crippen molar-refractivity contribution < 1.29 is 4.42 Å². The van der Waals surface area contributed by atoms with Gasteiger partial charge in [0.15, 0.2) is 0 Å². The van der Waals surface area contributed by atoms with E-state index in [0.717, 1.165) is 44.4 Å². The molecule has 39 heavy (non-hydrogen) atoms. The number of nitrogens with zero attached hydrogens (tertiary/aromatic N) is 1. The second kappa shape index (κ2) is 8.09. The zero-order chi connectivity index (χ0) is 26.1. The van der Waals surface area contributed by atoms with E-state index in [1.165, 1.54) is 27.6 Å². The topological polar surface area (TPSA) is 16.4 Å². The maximum Gasteiger partial charge on any atom is 0.143 e. The number of hydrogen-bond donors (Lipinski definition) is 0. The van der Waals surface area contributed by atoms with E-state index < -0.39 is 0 Å². The highest BCUT2D eigenvalue weighted by Gasteiger charge is 2.35. The smallest absolute Gasteiger partial charge is 0.143 e. The molecular weight excluding hydrogens is 474 g/mol. The molecule has 2 nitrogen and oxygen atoms in total. The van der Waals surface area contributed by atoms with Crippen LogP contribution in [0, 0.1) is 0 Å². The van der Waals surface area contributed by atoms with Crippen LogP contribution in [0.3, 0.4) is 0 Å². The summed E-state index contributed by atoms with van der Waals surface area (Å²) in [4.78, 5) is 2.36. The minimum atomic E-state index is -0.0614. The maximum atomic E-state index is 6.42. The summed E-state index contributed by atoms with van der Waals surface area (Å²) in [5.74, 6) is 0. The molecular formula is C37H27NO. The van der Waals surface area contributed by atoms with Gasteiger partial charge in [0.05, 0.1) is 0 Å². The van der Waals surface area contributed by atoms with Crippen molar-refractivity contribution in [3.8, 4) is 11.1 Å². The van der Waals surface area contributed by atoms with Gasteiger partial charge in [-0.15, -0.1) is 0 Å². The summed E-state index contributed by atoms with van der Waals surface area (Å²) in [7, 11) is 0. The van der Waals surface area contributed by atoms with Crippen LogP contribution in [0.15, 0.2) is 132 Å². The largest absolute Gasteiger partial charge is 0.455 e. The Kier molecular flexibility index (Phi) is 4.60. The van der Waals surface area contributed by atoms with Crippen LogP contribution in [-0.4, -0.2) is 0 Å². The summed E-state index contributed by atoms with van der Waals surface area (Å²) in [5.41, 5.74) is 10.6. The molecule has 0 atom stereocenters. The average Bonchev–Trinajstić information content (AvgIpc) is 3.47. The fourth-order valence-electron chi connectivity index (χ4n) is 6.49. The lowest BCUT2D eigenvalue weighted by Gasteiger charge is -2.28. The first-order valence-electron chi connectivity index (χ1n) is 13.5. The SMILES string of the molecule is CC1(C)c2ccccc2-c2ccc(N(c3ccccc3)c3ccc4ccc5c6ccccc6oc5c4c3)cc21. The van der Waals surface area contributed by atoms with Crippen molar-refractivity contribution >= 4 is 49.8 Å². The van der Waals surface area contributed by atoms with E-state index in [9.17, 15) is 0 Å². The van der Waals surface area contributed by atoms with Crippen LogP contribution in [0.2, 0.25) is 0 Å². The Morgan fingerprint density at radius 2 is 1.21 bits per heavy atom. The fraction of sp³-hybridized carbons (Fsp3) is 0.0811. The molecule has 2 heteroatoms. The van der Waals surface area contributed by atoms with Gasteiger partial charge in [-0.3, -0.25) is 0 Å². The summed E-state index contributed by atoms with van der Waals surface area (Å²) < 4.78 is 6.42. The summed E-state index contributed by atoms with van der Waals surface area (Å²) in [6.45, 7) is 4.67. The standard InChI is InChI=1S/C37H27NO/c1-37(2)33-14-8-6-12-28(33)29-21-19-27(23-34(29)37)38(25-10-4-3-5-11-25)26-18-16-24-17-20-31-30-13-7-9-15-35(30)39-36(31)32(24)22-26/h3-23H,1-2H3. The molecule has 7 aromatic rings. The van der Waals surface area contributed by atoms with Gasteiger partial charge >= 0.3 is 0 Å². The first-order chi connectivity index (χ1) is 19.1. The van der Waals surface area contributed by atoms with E-state index in [1.54, 1.807) is 0 Å². The molecule has 0 fully saturated rings. The molecule has 8 rings (SSSR count). The summed E-state index contributed by atoms with van der Waals surface area (Å²) >= 11 is 0. The number of benzene rings is 6. The van der Waals surface area contributed by atoms with Crippen LogP contribution in [0.1, 0.15) is 25.0 Å². The highest BCUT2D eigenvalue weighted by molar-refractivity contribution is 6.15. The molecule has 1 aliphatic rings. The summed E-state index contributed by atoms with van der Waals surface area (Å²) in [5, 5.41) is 4.60. The van der Waals surface area contributed by atoms with E-state index in [2.05, 4.69) is 134 Å². The number of hydrogen-bond acceptors (Lipinski definition) is 2. The van der Waals surface area contributed by atoms with Crippen LogP contribution < -0.4 is 4.90 Å². The Balaban J connectivity index is 1.35. The van der Waals surface area contributed by atoms with Gasteiger partial charge in [0.2, 0.25) is 0 Å². The van der Waals surface area contributed by atoms with Gasteiger partial charge in [-0.1, -0.05) is 92.7 Å². The van der Waals surface area contributed by atoms with Crippen molar-refractivity contribution in [1.82, 2.24) is 0 Å². The molecule has 0 spiro atoms. The highest BCUT2D eigenvalue weighted by atomic mass is 16.3.